The highest BCUT2D eigenvalue weighted by Gasteiger charge is 2.33. The third-order valence-corrected chi connectivity index (χ3v) is 6.25. The number of hydrogen-bond acceptors (Lipinski definition) is 6. The Hall–Kier alpha value is -1.81. The Morgan fingerprint density at radius 2 is 1.96 bits per heavy atom. The number of anilines is 2. The van der Waals surface area contributed by atoms with Crippen molar-refractivity contribution in [3.8, 4) is 0 Å². The molecule has 2 aromatic rings. The highest BCUT2D eigenvalue weighted by atomic mass is 32.2. The first-order chi connectivity index (χ1) is 12.8. The summed E-state index contributed by atoms with van der Waals surface area (Å²) in [6.07, 6.45) is -0.170. The van der Waals surface area contributed by atoms with Gasteiger partial charge in [0.25, 0.3) is 0 Å². The van der Waals surface area contributed by atoms with Crippen LogP contribution in [0.5, 0.6) is 0 Å². The van der Waals surface area contributed by atoms with Gasteiger partial charge in [-0.25, -0.2) is 0 Å². The molecule has 0 saturated heterocycles. The molecule has 0 unspecified atom stereocenters. The van der Waals surface area contributed by atoms with Crippen molar-refractivity contribution in [2.24, 2.45) is 0 Å². The second kappa shape index (κ2) is 8.47. The topological polar surface area (TPSA) is 66.9 Å². The number of thioether (sulfide) groups is 1. The largest absolute Gasteiger partial charge is 0.418 e. The van der Waals surface area contributed by atoms with Gasteiger partial charge in [0.1, 0.15) is 0 Å². The number of hydrogen-bond donors (Lipinski definition) is 2. The second-order valence-electron chi connectivity index (χ2n) is 6.29. The first-order valence-electron chi connectivity index (χ1n) is 8.56. The summed E-state index contributed by atoms with van der Waals surface area (Å²) >= 11 is 2.36. The molecule has 0 radical (unpaired) electrons. The van der Waals surface area contributed by atoms with Gasteiger partial charge in [-0.3, -0.25) is 4.79 Å². The van der Waals surface area contributed by atoms with Gasteiger partial charge in [-0.05, 0) is 31.9 Å². The Bertz CT molecular complexity index is 790. The van der Waals surface area contributed by atoms with Gasteiger partial charge in [0.05, 0.1) is 16.5 Å². The van der Waals surface area contributed by atoms with Gasteiger partial charge in [0.2, 0.25) is 11.0 Å². The molecule has 1 aromatic carbocycles. The van der Waals surface area contributed by atoms with E-state index in [-0.39, 0.29) is 28.0 Å². The molecule has 1 heterocycles. The van der Waals surface area contributed by atoms with E-state index in [1.165, 1.54) is 30.0 Å². The monoisotopic (exact) mass is 416 g/mol. The number of carbonyl (C=O) groups excluding carboxylic acids is 1. The number of halogens is 3. The van der Waals surface area contributed by atoms with Crippen LogP contribution in [0.3, 0.4) is 0 Å². The quantitative estimate of drug-likeness (QED) is 0.660. The molecule has 1 amide bonds. The number of amides is 1. The van der Waals surface area contributed by atoms with E-state index in [1.807, 2.05) is 0 Å². The van der Waals surface area contributed by atoms with Crippen LogP contribution in [0.15, 0.2) is 28.6 Å². The van der Waals surface area contributed by atoms with Crippen molar-refractivity contribution in [3.05, 3.63) is 29.8 Å². The lowest BCUT2D eigenvalue weighted by molar-refractivity contribution is -0.137. The third-order valence-electron chi connectivity index (χ3n) is 4.23. The molecule has 2 N–H and O–H groups in total. The summed E-state index contributed by atoms with van der Waals surface area (Å²) in [6.45, 7) is 1.78. The van der Waals surface area contributed by atoms with Crippen molar-refractivity contribution in [1.82, 2.24) is 15.5 Å². The zero-order valence-corrected chi connectivity index (χ0v) is 16.2. The van der Waals surface area contributed by atoms with Crippen LogP contribution in [0.25, 0.3) is 0 Å². The fourth-order valence-electron chi connectivity index (χ4n) is 2.86. The Morgan fingerprint density at radius 3 is 2.67 bits per heavy atom. The van der Waals surface area contributed by atoms with Crippen LogP contribution in [0, 0.1) is 0 Å². The smallest absolute Gasteiger partial charge is 0.352 e. The molecule has 146 valence electrons. The molecular weight excluding hydrogens is 397 g/mol. The summed E-state index contributed by atoms with van der Waals surface area (Å²) in [6, 6.07) is 5.44. The van der Waals surface area contributed by atoms with Crippen LogP contribution in [-0.2, 0) is 11.0 Å². The molecular formula is C17H19F3N4OS2. The molecule has 0 spiro atoms. The number of alkyl halides is 3. The minimum Gasteiger partial charge on any atom is -0.352 e. The molecule has 10 heteroatoms. The fourth-order valence-corrected chi connectivity index (χ4v) is 4.77. The molecule has 27 heavy (non-hydrogen) atoms. The van der Waals surface area contributed by atoms with E-state index in [2.05, 4.69) is 20.8 Å². The number of benzene rings is 1. The van der Waals surface area contributed by atoms with Gasteiger partial charge in [-0.2, -0.15) is 13.2 Å². The Kier molecular flexibility index (Phi) is 6.25. The van der Waals surface area contributed by atoms with Gasteiger partial charge in [-0.1, -0.05) is 48.1 Å². The van der Waals surface area contributed by atoms with Crippen molar-refractivity contribution in [2.45, 2.75) is 54.4 Å². The summed E-state index contributed by atoms with van der Waals surface area (Å²) in [4.78, 5) is 12.2. The average molecular weight is 416 g/mol. The number of aromatic nitrogens is 2. The molecule has 1 aliphatic carbocycles. The summed E-state index contributed by atoms with van der Waals surface area (Å²) in [5.41, 5.74) is -0.844. The molecule has 1 saturated carbocycles. The van der Waals surface area contributed by atoms with Crippen LogP contribution in [-0.4, -0.2) is 27.4 Å². The molecule has 5 nitrogen and oxygen atoms in total. The first kappa shape index (κ1) is 19.9. The van der Waals surface area contributed by atoms with Crippen LogP contribution >= 0.6 is 23.1 Å². The van der Waals surface area contributed by atoms with E-state index in [1.54, 1.807) is 6.92 Å². The second-order valence-corrected chi connectivity index (χ2v) is 8.86. The van der Waals surface area contributed by atoms with E-state index in [4.69, 9.17) is 0 Å². The lowest BCUT2D eigenvalue weighted by Gasteiger charge is -2.15. The zero-order chi connectivity index (χ0) is 19.4. The number of nitrogens with one attached hydrogen (secondary N) is 2. The number of para-hydroxylation sites is 1. The zero-order valence-electron chi connectivity index (χ0n) is 14.5. The predicted octanol–water partition coefficient (Wildman–Crippen LogP) is 4.84. The van der Waals surface area contributed by atoms with Crippen LogP contribution < -0.4 is 10.6 Å². The molecule has 1 atom stereocenters. The van der Waals surface area contributed by atoms with E-state index in [0.717, 1.165) is 43.1 Å². The molecule has 1 aromatic heterocycles. The highest BCUT2D eigenvalue weighted by molar-refractivity contribution is 8.02. The minimum atomic E-state index is -4.46. The average Bonchev–Trinajstić information content (AvgIpc) is 3.26. The maximum atomic E-state index is 13.1. The van der Waals surface area contributed by atoms with Gasteiger partial charge in [-0.15, -0.1) is 10.2 Å². The maximum absolute atomic E-state index is 13.1. The summed E-state index contributed by atoms with van der Waals surface area (Å²) < 4.78 is 39.7. The van der Waals surface area contributed by atoms with E-state index in [9.17, 15) is 18.0 Å². The molecule has 1 aliphatic rings. The predicted molar refractivity (Wildman–Crippen MR) is 100 cm³/mol. The van der Waals surface area contributed by atoms with Gasteiger partial charge < -0.3 is 10.6 Å². The molecule has 1 fully saturated rings. The lowest BCUT2D eigenvalue weighted by Crippen LogP contribution is -2.37. The van der Waals surface area contributed by atoms with Crippen molar-refractivity contribution in [3.63, 3.8) is 0 Å². The van der Waals surface area contributed by atoms with E-state index in [0.29, 0.717) is 4.34 Å². The van der Waals surface area contributed by atoms with Crippen LogP contribution in [0.4, 0.5) is 24.0 Å². The maximum Gasteiger partial charge on any atom is 0.418 e. The van der Waals surface area contributed by atoms with E-state index >= 15 is 0 Å². The number of rotatable bonds is 6. The SMILES string of the molecule is C[C@H](Sc1nnc(Nc2ccccc2C(F)(F)F)s1)C(=O)NC1CCCC1. The molecule has 0 aliphatic heterocycles. The van der Waals surface area contributed by atoms with Gasteiger partial charge in [0, 0.05) is 6.04 Å². The van der Waals surface area contributed by atoms with Crippen molar-refractivity contribution in [1.29, 1.82) is 0 Å². The Balaban J connectivity index is 1.61. The standard InChI is InChI=1S/C17H19F3N4OS2/c1-10(14(25)21-11-6-2-3-7-11)26-16-24-23-15(27-16)22-13-9-5-4-8-12(13)17(18,19)20/h4-5,8-11H,2-3,6-7H2,1H3,(H,21,25)(H,22,23)/t10-/m0/s1. The van der Waals surface area contributed by atoms with Gasteiger partial charge in [0.15, 0.2) is 4.34 Å². The third kappa shape index (κ3) is 5.35. The van der Waals surface area contributed by atoms with Crippen LogP contribution in [0.2, 0.25) is 0 Å². The summed E-state index contributed by atoms with van der Waals surface area (Å²) in [5.74, 6) is -0.0565. The van der Waals surface area contributed by atoms with Gasteiger partial charge >= 0.3 is 6.18 Å². The summed E-state index contributed by atoms with van der Waals surface area (Å²) in [5, 5.41) is 13.4. The van der Waals surface area contributed by atoms with Crippen LogP contribution in [0.1, 0.15) is 38.2 Å². The molecule has 3 rings (SSSR count). The van der Waals surface area contributed by atoms with E-state index < -0.39 is 11.7 Å². The fraction of sp³-hybridized carbons (Fsp3) is 0.471. The summed E-state index contributed by atoms with van der Waals surface area (Å²) in [7, 11) is 0. The first-order valence-corrected chi connectivity index (χ1v) is 10.3. The Labute approximate surface area is 163 Å². The highest BCUT2D eigenvalue weighted by Crippen LogP contribution is 2.37. The number of carbonyl (C=O) groups is 1. The van der Waals surface area contributed by atoms with Crippen molar-refractivity contribution >= 4 is 39.8 Å². The molecule has 0 bridgehead atoms. The van der Waals surface area contributed by atoms with Crippen molar-refractivity contribution in [2.75, 3.05) is 5.32 Å². The lowest BCUT2D eigenvalue weighted by atomic mass is 10.2. The Morgan fingerprint density at radius 1 is 1.26 bits per heavy atom. The normalized spacial score (nSPS) is 16.3. The van der Waals surface area contributed by atoms with Crippen molar-refractivity contribution < 1.29 is 18.0 Å². The number of nitrogens with zero attached hydrogens (tertiary/aromatic N) is 2. The minimum absolute atomic E-state index is 0.0565.